The molecule has 1 aliphatic carbocycles. The average Bonchev–Trinajstić information content (AvgIpc) is 2.18. The molecule has 0 bridgehead atoms. The molecule has 0 amide bonds. The highest BCUT2D eigenvalue weighted by atomic mass is 16.5. The van der Waals surface area contributed by atoms with Gasteiger partial charge >= 0.3 is 0 Å². The molecule has 1 aliphatic heterocycles. The van der Waals surface area contributed by atoms with Crippen molar-refractivity contribution in [3.63, 3.8) is 0 Å². The maximum atomic E-state index is 9.64. The second-order valence-corrected chi connectivity index (χ2v) is 4.38. The van der Waals surface area contributed by atoms with Gasteiger partial charge in [0.05, 0.1) is 12.7 Å². The summed E-state index contributed by atoms with van der Waals surface area (Å²) in [6.07, 6.45) is 5.19. The normalized spacial score (nSPS) is 37.4. The molecule has 2 N–H and O–H groups in total. The molecular formula is C11H16O3. The lowest BCUT2D eigenvalue weighted by molar-refractivity contribution is 0.0471. The van der Waals surface area contributed by atoms with Gasteiger partial charge in [0.15, 0.2) is 0 Å². The summed E-state index contributed by atoms with van der Waals surface area (Å²) in [6.45, 7) is 2.79. The molecule has 0 aromatic rings. The molecular weight excluding hydrogens is 180 g/mol. The van der Waals surface area contributed by atoms with Crippen LogP contribution in [-0.4, -0.2) is 22.9 Å². The third-order valence-electron chi connectivity index (χ3n) is 3.03. The van der Waals surface area contributed by atoms with Crippen molar-refractivity contribution in [3.8, 4) is 0 Å². The van der Waals surface area contributed by atoms with Crippen LogP contribution in [0.5, 0.6) is 0 Å². The number of fused-ring (bicyclic) bond motifs is 1. The smallest absolute Gasteiger partial charge is 0.117 e. The fourth-order valence-corrected chi connectivity index (χ4v) is 2.26. The van der Waals surface area contributed by atoms with Gasteiger partial charge in [-0.3, -0.25) is 0 Å². The predicted molar refractivity (Wildman–Crippen MR) is 52.7 cm³/mol. The van der Waals surface area contributed by atoms with Gasteiger partial charge in [-0.15, -0.1) is 0 Å². The minimum Gasteiger partial charge on any atom is -0.508 e. The first kappa shape index (κ1) is 9.59. The predicted octanol–water partition coefficient (Wildman–Crippen LogP) is 1.89. The molecule has 1 fully saturated rings. The molecule has 0 spiro atoms. The minimum absolute atomic E-state index is 0.109. The Hall–Kier alpha value is -0.960. The number of hydrogen-bond acceptors (Lipinski definition) is 3. The zero-order valence-corrected chi connectivity index (χ0v) is 8.36. The SMILES string of the molecule is CC12CCCOC1=CC(O)=CC(O)C2. The molecule has 2 atom stereocenters. The molecule has 3 nitrogen and oxygen atoms in total. The zero-order valence-electron chi connectivity index (χ0n) is 8.36. The van der Waals surface area contributed by atoms with Crippen LogP contribution in [0.25, 0.3) is 0 Å². The van der Waals surface area contributed by atoms with Crippen LogP contribution in [0.1, 0.15) is 26.2 Å². The van der Waals surface area contributed by atoms with E-state index in [2.05, 4.69) is 6.92 Å². The maximum absolute atomic E-state index is 9.64. The van der Waals surface area contributed by atoms with E-state index in [4.69, 9.17) is 4.74 Å². The molecule has 14 heavy (non-hydrogen) atoms. The van der Waals surface area contributed by atoms with Crippen molar-refractivity contribution in [3.05, 3.63) is 23.7 Å². The van der Waals surface area contributed by atoms with E-state index in [0.29, 0.717) is 13.0 Å². The van der Waals surface area contributed by atoms with E-state index < -0.39 is 6.10 Å². The van der Waals surface area contributed by atoms with E-state index in [0.717, 1.165) is 18.6 Å². The lowest BCUT2D eigenvalue weighted by atomic mass is 9.77. The Balaban J connectivity index is 2.32. The van der Waals surface area contributed by atoms with Crippen LogP contribution < -0.4 is 0 Å². The van der Waals surface area contributed by atoms with E-state index in [-0.39, 0.29) is 11.2 Å². The first-order valence-electron chi connectivity index (χ1n) is 5.04. The third kappa shape index (κ3) is 1.64. The first-order valence-corrected chi connectivity index (χ1v) is 5.04. The lowest BCUT2D eigenvalue weighted by Crippen LogP contribution is -2.29. The Bertz CT molecular complexity index is 293. The number of rotatable bonds is 0. The number of allylic oxidation sites excluding steroid dienone is 2. The molecule has 0 radical (unpaired) electrons. The Kier molecular flexibility index (Phi) is 2.27. The van der Waals surface area contributed by atoms with Gasteiger partial charge in [-0.2, -0.15) is 0 Å². The average molecular weight is 196 g/mol. The van der Waals surface area contributed by atoms with Gasteiger partial charge < -0.3 is 14.9 Å². The summed E-state index contributed by atoms with van der Waals surface area (Å²) in [5, 5.41) is 19.1. The third-order valence-corrected chi connectivity index (χ3v) is 3.03. The number of hydrogen-bond donors (Lipinski definition) is 2. The van der Waals surface area contributed by atoms with Crippen molar-refractivity contribution < 1.29 is 14.9 Å². The van der Waals surface area contributed by atoms with Crippen molar-refractivity contribution in [1.82, 2.24) is 0 Å². The zero-order chi connectivity index (χ0) is 10.2. The molecule has 0 saturated carbocycles. The number of aliphatic hydroxyl groups is 2. The van der Waals surface area contributed by atoms with Crippen LogP contribution in [-0.2, 0) is 4.74 Å². The summed E-state index contributed by atoms with van der Waals surface area (Å²) >= 11 is 0. The summed E-state index contributed by atoms with van der Waals surface area (Å²) in [5.74, 6) is 0.923. The van der Waals surface area contributed by atoms with E-state index in [1.54, 1.807) is 6.08 Å². The summed E-state index contributed by atoms with van der Waals surface area (Å²) in [6, 6.07) is 0. The summed E-state index contributed by atoms with van der Waals surface area (Å²) in [4.78, 5) is 0. The lowest BCUT2D eigenvalue weighted by Gasteiger charge is -2.36. The van der Waals surface area contributed by atoms with Crippen LogP contribution in [0.4, 0.5) is 0 Å². The van der Waals surface area contributed by atoms with Gasteiger partial charge in [0.2, 0.25) is 0 Å². The molecule has 3 heteroatoms. The topological polar surface area (TPSA) is 49.7 Å². The number of ether oxygens (including phenoxy) is 1. The summed E-state index contributed by atoms with van der Waals surface area (Å²) in [5.41, 5.74) is -0.112. The van der Waals surface area contributed by atoms with Crippen molar-refractivity contribution in [2.45, 2.75) is 32.3 Å². The van der Waals surface area contributed by atoms with Gasteiger partial charge in [-0.25, -0.2) is 0 Å². The Morgan fingerprint density at radius 2 is 2.36 bits per heavy atom. The molecule has 0 aromatic carbocycles. The monoisotopic (exact) mass is 196 g/mol. The van der Waals surface area contributed by atoms with Crippen LogP contribution in [0.15, 0.2) is 23.7 Å². The highest BCUT2D eigenvalue weighted by Gasteiger charge is 2.36. The minimum atomic E-state index is -0.574. The van der Waals surface area contributed by atoms with Crippen molar-refractivity contribution in [2.24, 2.45) is 5.41 Å². The summed E-state index contributed by atoms with van der Waals surface area (Å²) in [7, 11) is 0. The highest BCUT2D eigenvalue weighted by molar-refractivity contribution is 5.24. The Labute approximate surface area is 83.7 Å². The van der Waals surface area contributed by atoms with E-state index in [1.165, 1.54) is 6.08 Å². The molecule has 2 rings (SSSR count). The van der Waals surface area contributed by atoms with Gasteiger partial charge in [0.25, 0.3) is 0 Å². The number of aliphatic hydroxyl groups excluding tert-OH is 2. The standard InChI is InChI=1S/C11H16O3/c1-11-3-2-4-14-10(11)6-8(12)5-9(13)7-11/h5-6,9,12-13H,2-4,7H2,1H3. The van der Waals surface area contributed by atoms with Crippen molar-refractivity contribution >= 4 is 0 Å². The summed E-state index contributed by atoms with van der Waals surface area (Å²) < 4.78 is 5.53. The van der Waals surface area contributed by atoms with Gasteiger partial charge in [-0.1, -0.05) is 6.92 Å². The van der Waals surface area contributed by atoms with E-state index in [1.807, 2.05) is 0 Å². The molecule has 1 heterocycles. The van der Waals surface area contributed by atoms with Gasteiger partial charge in [-0.05, 0) is 25.3 Å². The highest BCUT2D eigenvalue weighted by Crippen LogP contribution is 2.42. The van der Waals surface area contributed by atoms with Crippen LogP contribution in [0.3, 0.4) is 0 Å². The second-order valence-electron chi connectivity index (χ2n) is 4.38. The fourth-order valence-electron chi connectivity index (χ4n) is 2.26. The van der Waals surface area contributed by atoms with Crippen molar-refractivity contribution in [1.29, 1.82) is 0 Å². The fraction of sp³-hybridized carbons (Fsp3) is 0.636. The molecule has 1 saturated heterocycles. The van der Waals surface area contributed by atoms with Crippen LogP contribution >= 0.6 is 0 Å². The van der Waals surface area contributed by atoms with E-state index >= 15 is 0 Å². The Morgan fingerprint density at radius 1 is 1.57 bits per heavy atom. The molecule has 2 unspecified atom stereocenters. The largest absolute Gasteiger partial charge is 0.508 e. The Morgan fingerprint density at radius 3 is 3.14 bits per heavy atom. The van der Waals surface area contributed by atoms with Gasteiger partial charge in [0, 0.05) is 11.5 Å². The van der Waals surface area contributed by atoms with Crippen LogP contribution in [0.2, 0.25) is 0 Å². The van der Waals surface area contributed by atoms with Gasteiger partial charge in [0.1, 0.15) is 11.5 Å². The first-order chi connectivity index (χ1) is 6.60. The van der Waals surface area contributed by atoms with Crippen LogP contribution in [0, 0.1) is 5.41 Å². The van der Waals surface area contributed by atoms with E-state index in [9.17, 15) is 10.2 Å². The second kappa shape index (κ2) is 3.31. The quantitative estimate of drug-likeness (QED) is 0.622. The maximum Gasteiger partial charge on any atom is 0.117 e. The molecule has 0 aromatic heterocycles. The van der Waals surface area contributed by atoms with Crippen molar-refractivity contribution in [2.75, 3.05) is 6.61 Å². The molecule has 78 valence electrons. The molecule has 2 aliphatic rings.